The van der Waals surface area contributed by atoms with Crippen LogP contribution in [-0.4, -0.2) is 6.71 Å². The summed E-state index contributed by atoms with van der Waals surface area (Å²) in [5, 5.41) is 0. The molecule has 0 nitrogen and oxygen atoms in total. The maximum Gasteiger partial charge on any atom is 0.177 e. The van der Waals surface area contributed by atoms with Crippen LogP contribution in [0.4, 0.5) is 0 Å². The Balaban J connectivity index is 2.55. The van der Waals surface area contributed by atoms with Crippen LogP contribution in [0, 0.1) is 11.8 Å². The second-order valence-electron chi connectivity index (χ2n) is 9.48. The van der Waals surface area contributed by atoms with Crippen molar-refractivity contribution in [3.05, 3.63) is 46.9 Å². The highest BCUT2D eigenvalue weighted by Gasteiger charge is 2.38. The van der Waals surface area contributed by atoms with Crippen molar-refractivity contribution in [1.82, 2.24) is 0 Å². The minimum atomic E-state index is 0.539. The van der Waals surface area contributed by atoms with Crippen molar-refractivity contribution in [2.75, 3.05) is 0 Å². The lowest BCUT2D eigenvalue weighted by atomic mass is 9.26. The summed E-state index contributed by atoms with van der Waals surface area (Å²) < 4.78 is 0. The van der Waals surface area contributed by atoms with Crippen LogP contribution in [0.2, 0.25) is 11.6 Å². The van der Waals surface area contributed by atoms with Crippen LogP contribution in [0.15, 0.2) is 41.4 Å². The van der Waals surface area contributed by atoms with Crippen molar-refractivity contribution >= 4 is 6.71 Å². The first-order chi connectivity index (χ1) is 12.3. The zero-order chi connectivity index (χ0) is 19.3. The third-order valence-corrected chi connectivity index (χ3v) is 7.23. The molecule has 3 atom stereocenters. The maximum atomic E-state index is 2.51. The summed E-state index contributed by atoms with van der Waals surface area (Å²) in [6.45, 7) is 17.9. The van der Waals surface area contributed by atoms with Gasteiger partial charge in [0.15, 0.2) is 6.71 Å². The number of benzene rings is 1. The average molecular weight is 352 g/mol. The van der Waals surface area contributed by atoms with Gasteiger partial charge in [0, 0.05) is 0 Å². The number of hydrogen-bond acceptors (Lipinski definition) is 0. The molecule has 1 aromatic rings. The van der Waals surface area contributed by atoms with E-state index in [9.17, 15) is 0 Å². The molecule has 1 saturated carbocycles. The average Bonchev–Trinajstić information content (AvgIpc) is 2.65. The zero-order valence-corrected chi connectivity index (χ0v) is 18.4. The lowest BCUT2D eigenvalue weighted by Gasteiger charge is -2.38. The molecule has 26 heavy (non-hydrogen) atoms. The molecule has 0 radical (unpaired) electrons. The minimum absolute atomic E-state index is 0.539. The maximum absolute atomic E-state index is 2.51. The van der Waals surface area contributed by atoms with Gasteiger partial charge in [-0.05, 0) is 37.2 Å². The topological polar surface area (TPSA) is 0 Å². The molecule has 0 heterocycles. The smallest absolute Gasteiger partial charge is 0.0943 e. The molecule has 0 aliphatic heterocycles. The van der Waals surface area contributed by atoms with Crippen molar-refractivity contribution in [1.29, 1.82) is 0 Å². The van der Waals surface area contributed by atoms with E-state index in [4.69, 9.17) is 0 Å². The molecule has 1 fully saturated rings. The van der Waals surface area contributed by atoms with Gasteiger partial charge in [0.25, 0.3) is 0 Å². The van der Waals surface area contributed by atoms with Crippen LogP contribution in [0.1, 0.15) is 92.1 Å². The molecular weight excluding hydrogens is 311 g/mol. The van der Waals surface area contributed by atoms with Crippen molar-refractivity contribution < 1.29 is 0 Å². The Kier molecular flexibility index (Phi) is 8.05. The second-order valence-corrected chi connectivity index (χ2v) is 9.48. The fourth-order valence-corrected chi connectivity index (χ4v) is 4.89. The lowest BCUT2D eigenvalue weighted by molar-refractivity contribution is 0.555. The van der Waals surface area contributed by atoms with E-state index >= 15 is 0 Å². The Labute approximate surface area is 163 Å². The molecule has 0 aromatic heterocycles. The molecule has 0 N–H and O–H groups in total. The molecule has 0 bridgehead atoms. The molecule has 2 rings (SSSR count). The summed E-state index contributed by atoms with van der Waals surface area (Å²) in [5.41, 5.74) is 5.10. The molecule has 0 spiro atoms. The van der Waals surface area contributed by atoms with Gasteiger partial charge in [0.1, 0.15) is 0 Å². The first-order valence-corrected chi connectivity index (χ1v) is 11.1. The van der Waals surface area contributed by atoms with Crippen LogP contribution in [0.25, 0.3) is 0 Å². The number of allylic oxidation sites excluding steroid dienone is 2. The normalized spacial score (nSPS) is 18.7. The van der Waals surface area contributed by atoms with Crippen LogP contribution in [-0.2, 0) is 0 Å². The van der Waals surface area contributed by atoms with Crippen molar-refractivity contribution in [2.24, 2.45) is 11.8 Å². The van der Waals surface area contributed by atoms with E-state index in [1.807, 2.05) is 0 Å². The second kappa shape index (κ2) is 9.81. The van der Waals surface area contributed by atoms with Crippen LogP contribution >= 0.6 is 0 Å². The third-order valence-electron chi connectivity index (χ3n) is 7.23. The van der Waals surface area contributed by atoms with Crippen molar-refractivity contribution in [3.8, 4) is 0 Å². The first kappa shape index (κ1) is 21.3. The van der Waals surface area contributed by atoms with Gasteiger partial charge in [-0.3, -0.25) is 0 Å². The molecular formula is C25H41B. The number of rotatable bonds is 7. The monoisotopic (exact) mass is 352 g/mol. The summed E-state index contributed by atoms with van der Waals surface area (Å²) in [4.78, 5) is 0. The Morgan fingerprint density at radius 2 is 1.23 bits per heavy atom. The van der Waals surface area contributed by atoms with E-state index in [0.717, 1.165) is 23.5 Å². The highest BCUT2D eigenvalue weighted by atomic mass is 14.2. The van der Waals surface area contributed by atoms with Gasteiger partial charge < -0.3 is 0 Å². The lowest BCUT2D eigenvalue weighted by Crippen LogP contribution is -2.35. The van der Waals surface area contributed by atoms with Crippen LogP contribution in [0.5, 0.6) is 0 Å². The summed E-state index contributed by atoms with van der Waals surface area (Å²) in [6, 6.07) is 11.2. The quantitative estimate of drug-likeness (QED) is 0.434. The molecule has 0 amide bonds. The van der Waals surface area contributed by atoms with Gasteiger partial charge in [-0.15, -0.1) is 0 Å². The van der Waals surface area contributed by atoms with Crippen molar-refractivity contribution in [3.63, 3.8) is 0 Å². The third kappa shape index (κ3) is 5.05. The van der Waals surface area contributed by atoms with Gasteiger partial charge in [0.2, 0.25) is 0 Å². The Bertz CT molecular complexity index is 547. The van der Waals surface area contributed by atoms with Crippen LogP contribution < -0.4 is 0 Å². The summed E-state index contributed by atoms with van der Waals surface area (Å²) in [7, 11) is 0. The van der Waals surface area contributed by atoms with E-state index in [0.29, 0.717) is 12.6 Å². The van der Waals surface area contributed by atoms with E-state index in [1.165, 1.54) is 37.7 Å². The molecule has 3 unspecified atom stereocenters. The Hall–Kier alpha value is -0.975. The standard InChI is InChI=1S/C25H41B/c1-18(2)21(6)26(22(7)19(3)4)25(24-16-12-9-13-17-24)20(5)23-14-10-8-11-15-23/h8,10-11,14-15,18-22H,9,12-13,16-17H2,1-7H3. The zero-order valence-electron chi connectivity index (χ0n) is 18.4. The minimum Gasteiger partial charge on any atom is -0.0943 e. The Morgan fingerprint density at radius 1 is 0.731 bits per heavy atom. The highest BCUT2D eigenvalue weighted by molar-refractivity contribution is 6.70. The fraction of sp³-hybridized carbons (Fsp3) is 0.680. The van der Waals surface area contributed by atoms with Gasteiger partial charge in [-0.2, -0.15) is 0 Å². The fourth-order valence-electron chi connectivity index (χ4n) is 4.89. The molecule has 1 heteroatoms. The predicted octanol–water partition coefficient (Wildman–Crippen LogP) is 8.18. The van der Waals surface area contributed by atoms with Crippen molar-refractivity contribution in [2.45, 2.75) is 98.1 Å². The van der Waals surface area contributed by atoms with Crippen LogP contribution in [0.3, 0.4) is 0 Å². The van der Waals surface area contributed by atoms with Gasteiger partial charge in [0.05, 0.1) is 0 Å². The summed E-state index contributed by atoms with van der Waals surface area (Å²) in [6.07, 6.45) is 6.86. The predicted molar refractivity (Wildman–Crippen MR) is 119 cm³/mol. The summed E-state index contributed by atoms with van der Waals surface area (Å²) in [5.74, 6) is 3.44. The number of hydrogen-bond donors (Lipinski definition) is 0. The van der Waals surface area contributed by atoms with E-state index in [-0.39, 0.29) is 0 Å². The van der Waals surface area contributed by atoms with E-state index < -0.39 is 0 Å². The molecule has 1 aliphatic rings. The van der Waals surface area contributed by atoms with E-state index in [1.54, 1.807) is 11.0 Å². The largest absolute Gasteiger partial charge is 0.177 e. The molecule has 144 valence electrons. The van der Waals surface area contributed by atoms with Gasteiger partial charge in [-0.25, -0.2) is 0 Å². The highest BCUT2D eigenvalue weighted by Crippen LogP contribution is 2.44. The molecule has 1 aliphatic carbocycles. The SMILES string of the molecule is CC(C(B(C(C)C(C)C)C(C)C(C)C)=C1CCCCC1)c1ccccc1. The van der Waals surface area contributed by atoms with Gasteiger partial charge >= 0.3 is 0 Å². The van der Waals surface area contributed by atoms with Gasteiger partial charge in [-0.1, -0.05) is 120 Å². The summed E-state index contributed by atoms with van der Waals surface area (Å²) >= 11 is 0. The van der Waals surface area contributed by atoms with E-state index in [2.05, 4.69) is 78.8 Å². The molecule has 0 saturated heterocycles. The molecule has 1 aromatic carbocycles. The Morgan fingerprint density at radius 3 is 1.69 bits per heavy atom. The first-order valence-electron chi connectivity index (χ1n) is 11.1.